The summed E-state index contributed by atoms with van der Waals surface area (Å²) in [6.45, 7) is 1.05. The molecule has 0 saturated carbocycles. The number of hydrogen-bond donors (Lipinski definition) is 1. The summed E-state index contributed by atoms with van der Waals surface area (Å²) in [5.41, 5.74) is 2.52. The molecule has 1 heterocycles. The van der Waals surface area contributed by atoms with Crippen LogP contribution >= 0.6 is 11.6 Å². The van der Waals surface area contributed by atoms with Crippen LogP contribution in [-0.4, -0.2) is 11.6 Å². The summed E-state index contributed by atoms with van der Waals surface area (Å²) in [6, 6.07) is 8.42. The molecule has 3 nitrogen and oxygen atoms in total. The van der Waals surface area contributed by atoms with E-state index >= 15 is 0 Å². The third-order valence-corrected chi connectivity index (χ3v) is 3.79. The van der Waals surface area contributed by atoms with E-state index in [0.29, 0.717) is 5.02 Å². The number of nitrogens with zero attached hydrogens (tertiary/aromatic N) is 1. The molecule has 1 atom stereocenters. The fourth-order valence-corrected chi connectivity index (χ4v) is 2.32. The molecule has 6 heteroatoms. The Morgan fingerprint density at radius 2 is 1.91 bits per heavy atom. The van der Waals surface area contributed by atoms with Crippen LogP contribution in [0.25, 0.3) is 0 Å². The van der Waals surface area contributed by atoms with Crippen molar-refractivity contribution in [1.29, 1.82) is 0 Å². The van der Waals surface area contributed by atoms with Gasteiger partial charge in [0.05, 0.1) is 22.4 Å². The van der Waals surface area contributed by atoms with Gasteiger partial charge in [-0.25, -0.2) is 0 Å². The third kappa shape index (κ3) is 4.07. The lowest BCUT2D eigenvalue weighted by Gasteiger charge is -2.20. The summed E-state index contributed by atoms with van der Waals surface area (Å²) < 4.78 is 28.7. The third-order valence-electron chi connectivity index (χ3n) is 3.31. The maximum atomic E-state index is 12.2. The molecule has 2 rings (SSSR count). The van der Waals surface area contributed by atoms with E-state index in [-0.39, 0.29) is 11.8 Å². The quantitative estimate of drug-likeness (QED) is 0.791. The maximum absolute atomic E-state index is 12.2. The topological polar surface area (TPSA) is 34.2 Å². The summed E-state index contributed by atoms with van der Waals surface area (Å²) in [4.78, 5) is 4.12. The van der Waals surface area contributed by atoms with Crippen molar-refractivity contribution in [1.82, 2.24) is 4.98 Å². The molecule has 1 aromatic heterocycles. The minimum atomic E-state index is -2.82. The van der Waals surface area contributed by atoms with Gasteiger partial charge >= 0.3 is 6.61 Å². The Balaban J connectivity index is 2.16. The maximum Gasteiger partial charge on any atom is 0.387 e. The molecule has 0 radical (unpaired) electrons. The van der Waals surface area contributed by atoms with E-state index in [9.17, 15) is 8.78 Å². The Morgan fingerprint density at radius 3 is 2.50 bits per heavy atom. The smallest absolute Gasteiger partial charge is 0.387 e. The van der Waals surface area contributed by atoms with E-state index in [4.69, 9.17) is 11.6 Å². The first-order valence-corrected chi connectivity index (χ1v) is 7.31. The summed E-state index contributed by atoms with van der Waals surface area (Å²) in [7, 11) is 0. The highest BCUT2D eigenvalue weighted by Crippen LogP contribution is 2.30. The SMILES string of the molecule is CCC(Nc1ccnc(C)c1Cl)c1ccc(OC(F)F)cc1. The average molecular weight is 327 g/mol. The highest BCUT2D eigenvalue weighted by molar-refractivity contribution is 6.33. The number of aromatic nitrogens is 1. The van der Waals surface area contributed by atoms with Crippen molar-refractivity contribution in [2.45, 2.75) is 32.9 Å². The molecule has 0 spiro atoms. The molecule has 0 aliphatic heterocycles. The molecule has 0 aliphatic carbocycles. The zero-order valence-electron chi connectivity index (χ0n) is 12.3. The van der Waals surface area contributed by atoms with E-state index in [0.717, 1.165) is 23.4 Å². The number of pyridine rings is 1. The number of hydrogen-bond acceptors (Lipinski definition) is 3. The van der Waals surface area contributed by atoms with Gasteiger partial charge in [-0.2, -0.15) is 8.78 Å². The number of benzene rings is 1. The number of halogens is 3. The second-order valence-corrected chi connectivity index (χ2v) is 5.19. The lowest BCUT2D eigenvalue weighted by molar-refractivity contribution is -0.0498. The zero-order valence-corrected chi connectivity index (χ0v) is 13.1. The highest BCUT2D eigenvalue weighted by atomic mass is 35.5. The van der Waals surface area contributed by atoms with Gasteiger partial charge < -0.3 is 10.1 Å². The van der Waals surface area contributed by atoms with Crippen molar-refractivity contribution in [3.63, 3.8) is 0 Å². The Morgan fingerprint density at radius 1 is 1.23 bits per heavy atom. The van der Waals surface area contributed by atoms with Gasteiger partial charge in [-0.3, -0.25) is 4.98 Å². The molecule has 0 fully saturated rings. The second kappa shape index (κ2) is 7.40. The zero-order chi connectivity index (χ0) is 16.1. The number of aryl methyl sites for hydroxylation is 1. The number of ether oxygens (including phenoxy) is 1. The van der Waals surface area contributed by atoms with Crippen LogP contribution in [0.4, 0.5) is 14.5 Å². The normalized spacial score (nSPS) is 12.3. The van der Waals surface area contributed by atoms with Gasteiger partial charge in [-0.05, 0) is 37.1 Å². The van der Waals surface area contributed by atoms with E-state index in [2.05, 4.69) is 15.0 Å². The van der Waals surface area contributed by atoms with Crippen molar-refractivity contribution in [2.75, 3.05) is 5.32 Å². The number of nitrogens with one attached hydrogen (secondary N) is 1. The van der Waals surface area contributed by atoms with Gasteiger partial charge in [0.25, 0.3) is 0 Å². The fraction of sp³-hybridized carbons (Fsp3) is 0.312. The summed E-state index contributed by atoms with van der Waals surface area (Å²) in [6.07, 6.45) is 2.50. The molecule has 0 saturated heterocycles. The second-order valence-electron chi connectivity index (χ2n) is 4.81. The lowest BCUT2D eigenvalue weighted by Crippen LogP contribution is -2.10. The Labute approximate surface area is 133 Å². The monoisotopic (exact) mass is 326 g/mol. The first-order chi connectivity index (χ1) is 10.5. The van der Waals surface area contributed by atoms with E-state index in [1.165, 1.54) is 12.1 Å². The average Bonchev–Trinajstić information content (AvgIpc) is 2.49. The Kier molecular flexibility index (Phi) is 5.55. The predicted molar refractivity (Wildman–Crippen MR) is 83.7 cm³/mol. The van der Waals surface area contributed by atoms with Gasteiger partial charge in [0, 0.05) is 6.20 Å². The predicted octanol–water partition coefficient (Wildman–Crippen LogP) is 5.21. The summed E-state index contributed by atoms with van der Waals surface area (Å²) >= 11 is 6.24. The molecule has 0 aliphatic rings. The van der Waals surface area contributed by atoms with Crippen molar-refractivity contribution in [3.8, 4) is 5.75 Å². The standard InChI is InChI=1S/C16H17ClF2N2O/c1-3-13(21-14-8-9-20-10(2)15(14)17)11-4-6-12(7-5-11)22-16(18)19/h4-9,13,16H,3H2,1-2H3,(H,20,21). The van der Waals surface area contributed by atoms with Crippen molar-refractivity contribution in [3.05, 3.63) is 52.8 Å². The number of alkyl halides is 2. The molecule has 1 unspecified atom stereocenters. The van der Waals surface area contributed by atoms with Crippen LogP contribution in [-0.2, 0) is 0 Å². The first-order valence-electron chi connectivity index (χ1n) is 6.93. The van der Waals surface area contributed by atoms with Gasteiger partial charge in [-0.1, -0.05) is 30.7 Å². The summed E-state index contributed by atoms with van der Waals surface area (Å²) in [5.74, 6) is 0.145. The van der Waals surface area contributed by atoms with Crippen LogP contribution < -0.4 is 10.1 Å². The van der Waals surface area contributed by atoms with Crippen molar-refractivity contribution >= 4 is 17.3 Å². The molecule has 0 bridgehead atoms. The highest BCUT2D eigenvalue weighted by Gasteiger charge is 2.13. The minimum Gasteiger partial charge on any atom is -0.435 e. The van der Waals surface area contributed by atoms with Gasteiger partial charge in [0.1, 0.15) is 5.75 Å². The first kappa shape index (κ1) is 16.5. The van der Waals surface area contributed by atoms with E-state index in [1.807, 2.05) is 19.9 Å². The summed E-state index contributed by atoms with van der Waals surface area (Å²) in [5, 5.41) is 3.94. The largest absolute Gasteiger partial charge is 0.435 e. The van der Waals surface area contributed by atoms with Crippen LogP contribution in [0.2, 0.25) is 5.02 Å². The van der Waals surface area contributed by atoms with Gasteiger partial charge in [-0.15, -0.1) is 0 Å². The fourth-order valence-electron chi connectivity index (χ4n) is 2.15. The van der Waals surface area contributed by atoms with Crippen LogP contribution in [0.3, 0.4) is 0 Å². The van der Waals surface area contributed by atoms with Crippen LogP contribution in [0.1, 0.15) is 30.6 Å². The molecular formula is C16H17ClF2N2O. The minimum absolute atomic E-state index is 0.0138. The molecule has 1 aromatic carbocycles. The molecule has 118 valence electrons. The molecule has 22 heavy (non-hydrogen) atoms. The Bertz CT molecular complexity index is 620. The molecule has 2 aromatic rings. The Hall–Kier alpha value is -1.88. The van der Waals surface area contributed by atoms with E-state index < -0.39 is 6.61 Å². The van der Waals surface area contributed by atoms with Crippen molar-refractivity contribution < 1.29 is 13.5 Å². The van der Waals surface area contributed by atoms with Gasteiger partial charge in [0.2, 0.25) is 0 Å². The molecule has 1 N–H and O–H groups in total. The molecular weight excluding hydrogens is 310 g/mol. The van der Waals surface area contributed by atoms with E-state index in [1.54, 1.807) is 18.3 Å². The lowest BCUT2D eigenvalue weighted by atomic mass is 10.0. The van der Waals surface area contributed by atoms with Crippen LogP contribution in [0.5, 0.6) is 5.75 Å². The van der Waals surface area contributed by atoms with Gasteiger partial charge in [0.15, 0.2) is 0 Å². The van der Waals surface area contributed by atoms with Crippen LogP contribution in [0, 0.1) is 6.92 Å². The number of anilines is 1. The van der Waals surface area contributed by atoms with Crippen LogP contribution in [0.15, 0.2) is 36.5 Å². The molecule has 0 amide bonds. The number of rotatable bonds is 6. The van der Waals surface area contributed by atoms with Crippen molar-refractivity contribution in [2.24, 2.45) is 0 Å².